The van der Waals surface area contributed by atoms with E-state index in [-0.39, 0.29) is 23.7 Å². The molecule has 3 unspecified atom stereocenters. The number of nitriles is 1. The highest BCUT2D eigenvalue weighted by atomic mass is 35.5. The van der Waals surface area contributed by atoms with Crippen LogP contribution in [0.5, 0.6) is 0 Å². The summed E-state index contributed by atoms with van der Waals surface area (Å²) in [6, 6.07) is 7.22. The standard InChI is InChI=1S/C18H15ClN4O3/c19-14-6-11(23-2-1-15(24)18(23)26)3-9-5-16(21-8-13(9)14)22-17(25)12-4-10(12)7-20/h3,5-6,8,10,12,15,24H,1-2,4H2,(H,21,22,25). The van der Waals surface area contributed by atoms with E-state index in [0.717, 1.165) is 5.39 Å². The molecule has 1 aliphatic carbocycles. The molecule has 132 valence electrons. The van der Waals surface area contributed by atoms with E-state index in [0.29, 0.717) is 41.3 Å². The van der Waals surface area contributed by atoms with Gasteiger partial charge in [-0.1, -0.05) is 11.6 Å². The summed E-state index contributed by atoms with van der Waals surface area (Å²) in [5.74, 6) is -0.699. The van der Waals surface area contributed by atoms with E-state index in [4.69, 9.17) is 16.9 Å². The number of carbonyl (C=O) groups is 2. The number of hydrogen-bond donors (Lipinski definition) is 2. The fourth-order valence-corrected chi connectivity index (χ4v) is 3.46. The van der Waals surface area contributed by atoms with Crippen molar-refractivity contribution < 1.29 is 14.7 Å². The molecule has 2 heterocycles. The summed E-state index contributed by atoms with van der Waals surface area (Å²) < 4.78 is 0. The molecule has 0 bridgehead atoms. The van der Waals surface area contributed by atoms with Crippen LogP contribution in [0.3, 0.4) is 0 Å². The Hall–Kier alpha value is -2.69. The number of benzene rings is 1. The van der Waals surface area contributed by atoms with Crippen LogP contribution in [0.2, 0.25) is 5.02 Å². The highest BCUT2D eigenvalue weighted by molar-refractivity contribution is 6.36. The van der Waals surface area contributed by atoms with Gasteiger partial charge in [-0.05, 0) is 30.0 Å². The Balaban J connectivity index is 1.63. The molecule has 1 aromatic heterocycles. The lowest BCUT2D eigenvalue weighted by Gasteiger charge is -2.17. The normalized spacial score (nSPS) is 24.6. The summed E-state index contributed by atoms with van der Waals surface area (Å²) in [5, 5.41) is 23.0. The molecular formula is C18H15ClN4O3. The van der Waals surface area contributed by atoms with Gasteiger partial charge in [0.1, 0.15) is 11.9 Å². The number of rotatable bonds is 3. The second-order valence-corrected chi connectivity index (χ2v) is 6.99. The lowest BCUT2D eigenvalue weighted by molar-refractivity contribution is -0.124. The monoisotopic (exact) mass is 370 g/mol. The van der Waals surface area contributed by atoms with Gasteiger partial charge in [0.2, 0.25) is 5.91 Å². The van der Waals surface area contributed by atoms with Crippen LogP contribution >= 0.6 is 11.6 Å². The molecule has 2 amide bonds. The molecule has 2 fully saturated rings. The van der Waals surface area contributed by atoms with Crippen molar-refractivity contribution in [2.24, 2.45) is 11.8 Å². The topological polar surface area (TPSA) is 106 Å². The summed E-state index contributed by atoms with van der Waals surface area (Å²) in [6.07, 6.45) is 1.54. The van der Waals surface area contributed by atoms with Gasteiger partial charge in [-0.3, -0.25) is 9.59 Å². The third-order valence-electron chi connectivity index (χ3n) is 4.80. The lowest BCUT2D eigenvalue weighted by atomic mass is 10.1. The number of nitrogens with zero attached hydrogens (tertiary/aromatic N) is 3. The van der Waals surface area contributed by atoms with Gasteiger partial charge in [-0.25, -0.2) is 4.98 Å². The lowest BCUT2D eigenvalue weighted by Crippen LogP contribution is -2.29. The van der Waals surface area contributed by atoms with E-state index >= 15 is 0 Å². The summed E-state index contributed by atoms with van der Waals surface area (Å²) in [7, 11) is 0. The van der Waals surface area contributed by atoms with Gasteiger partial charge in [0.05, 0.1) is 22.9 Å². The van der Waals surface area contributed by atoms with E-state index in [1.165, 1.54) is 4.90 Å². The van der Waals surface area contributed by atoms with E-state index < -0.39 is 6.10 Å². The maximum absolute atomic E-state index is 12.1. The van der Waals surface area contributed by atoms with Gasteiger partial charge in [-0.2, -0.15) is 5.26 Å². The summed E-state index contributed by atoms with van der Waals surface area (Å²) in [5.41, 5.74) is 0.597. The van der Waals surface area contributed by atoms with Gasteiger partial charge < -0.3 is 15.3 Å². The third-order valence-corrected chi connectivity index (χ3v) is 5.12. The smallest absolute Gasteiger partial charge is 0.255 e. The van der Waals surface area contributed by atoms with Crippen LogP contribution in [0.25, 0.3) is 10.8 Å². The fourth-order valence-electron chi connectivity index (χ4n) is 3.19. The average molecular weight is 371 g/mol. The summed E-state index contributed by atoms with van der Waals surface area (Å²) in [6.45, 7) is 0.424. The van der Waals surface area contributed by atoms with Crippen molar-refractivity contribution in [3.8, 4) is 6.07 Å². The molecule has 1 saturated carbocycles. The van der Waals surface area contributed by atoms with Gasteiger partial charge in [0.25, 0.3) is 5.91 Å². The van der Waals surface area contributed by atoms with E-state index in [1.807, 2.05) is 0 Å². The number of aromatic nitrogens is 1. The zero-order valence-electron chi connectivity index (χ0n) is 13.6. The quantitative estimate of drug-likeness (QED) is 0.860. The largest absolute Gasteiger partial charge is 0.383 e. The molecule has 2 N–H and O–H groups in total. The van der Waals surface area contributed by atoms with E-state index in [9.17, 15) is 14.7 Å². The minimum Gasteiger partial charge on any atom is -0.383 e. The van der Waals surface area contributed by atoms with E-state index in [2.05, 4.69) is 16.4 Å². The molecule has 7 nitrogen and oxygen atoms in total. The third kappa shape index (κ3) is 2.87. The molecule has 4 rings (SSSR count). The number of hydrogen-bond acceptors (Lipinski definition) is 5. The van der Waals surface area contributed by atoms with Crippen molar-refractivity contribution in [3.05, 3.63) is 29.4 Å². The second kappa shape index (κ2) is 6.24. The number of anilines is 2. The van der Waals surface area contributed by atoms with Crippen LogP contribution in [-0.4, -0.2) is 34.6 Å². The first-order valence-corrected chi connectivity index (χ1v) is 8.65. The predicted molar refractivity (Wildman–Crippen MR) is 95.6 cm³/mol. The Morgan fingerprint density at radius 3 is 2.88 bits per heavy atom. The molecular weight excluding hydrogens is 356 g/mol. The number of aliphatic hydroxyl groups is 1. The van der Waals surface area contributed by atoms with Crippen LogP contribution in [0.4, 0.5) is 11.5 Å². The molecule has 2 aliphatic rings. The first-order valence-electron chi connectivity index (χ1n) is 8.27. The first kappa shape index (κ1) is 16.8. The van der Waals surface area contributed by atoms with Crippen LogP contribution in [0.15, 0.2) is 24.4 Å². The van der Waals surface area contributed by atoms with Gasteiger partial charge in [0, 0.05) is 30.2 Å². The van der Waals surface area contributed by atoms with Crippen LogP contribution < -0.4 is 10.2 Å². The second-order valence-electron chi connectivity index (χ2n) is 6.58. The molecule has 2 aromatic rings. The maximum Gasteiger partial charge on any atom is 0.255 e. The highest BCUT2D eigenvalue weighted by Crippen LogP contribution is 2.38. The van der Waals surface area contributed by atoms with Crippen LogP contribution in [0.1, 0.15) is 12.8 Å². The molecule has 0 radical (unpaired) electrons. The number of pyridine rings is 1. The van der Waals surface area contributed by atoms with Crippen molar-refractivity contribution in [1.29, 1.82) is 5.26 Å². The molecule has 3 atom stereocenters. The Labute approximate surface area is 154 Å². The number of halogens is 1. The van der Waals surface area contributed by atoms with Gasteiger partial charge >= 0.3 is 0 Å². The Kier molecular flexibility index (Phi) is 4.02. The fraction of sp³-hybridized carbons (Fsp3) is 0.333. The minimum absolute atomic E-state index is 0.218. The van der Waals surface area contributed by atoms with Gasteiger partial charge in [0.15, 0.2) is 0 Å². The average Bonchev–Trinajstić information content (AvgIpc) is 3.34. The number of aliphatic hydroxyl groups excluding tert-OH is 1. The van der Waals surface area contributed by atoms with Crippen LogP contribution in [0, 0.1) is 23.2 Å². The van der Waals surface area contributed by atoms with Crippen molar-refractivity contribution in [3.63, 3.8) is 0 Å². The van der Waals surface area contributed by atoms with E-state index in [1.54, 1.807) is 24.4 Å². The minimum atomic E-state index is -0.983. The van der Waals surface area contributed by atoms with Crippen LogP contribution in [-0.2, 0) is 9.59 Å². The Bertz CT molecular complexity index is 971. The molecule has 1 aromatic carbocycles. The summed E-state index contributed by atoms with van der Waals surface area (Å²) in [4.78, 5) is 29.8. The number of carbonyl (C=O) groups excluding carboxylic acids is 2. The SMILES string of the molecule is N#CC1CC1C(=O)Nc1cc2cc(N3CCC(O)C3=O)cc(Cl)c2cn1. The molecule has 1 aliphatic heterocycles. The zero-order chi connectivity index (χ0) is 18.4. The molecule has 0 spiro atoms. The summed E-state index contributed by atoms with van der Waals surface area (Å²) >= 11 is 6.32. The molecule has 1 saturated heterocycles. The molecule has 26 heavy (non-hydrogen) atoms. The predicted octanol–water partition coefficient (Wildman–Crippen LogP) is 2.08. The van der Waals surface area contributed by atoms with Crippen molar-refractivity contribution in [2.75, 3.05) is 16.8 Å². The Morgan fingerprint density at radius 2 is 2.23 bits per heavy atom. The first-order chi connectivity index (χ1) is 12.5. The number of nitrogens with one attached hydrogen (secondary N) is 1. The maximum atomic E-state index is 12.1. The van der Waals surface area contributed by atoms with Crippen molar-refractivity contribution in [1.82, 2.24) is 4.98 Å². The highest BCUT2D eigenvalue weighted by Gasteiger charge is 2.43. The van der Waals surface area contributed by atoms with Gasteiger partial charge in [-0.15, -0.1) is 0 Å². The van der Waals surface area contributed by atoms with Crippen molar-refractivity contribution in [2.45, 2.75) is 18.9 Å². The van der Waals surface area contributed by atoms with Crippen molar-refractivity contribution >= 4 is 45.7 Å². The Morgan fingerprint density at radius 1 is 1.42 bits per heavy atom. The zero-order valence-corrected chi connectivity index (χ0v) is 14.4. The molecule has 8 heteroatoms. The number of amides is 2. The number of fused-ring (bicyclic) bond motifs is 1.